The van der Waals surface area contributed by atoms with Gasteiger partial charge in [-0.1, -0.05) is 109 Å². The van der Waals surface area contributed by atoms with Gasteiger partial charge in [0.05, 0.1) is 0 Å². The molecule has 0 aliphatic rings. The third-order valence-electron chi connectivity index (χ3n) is 9.73. The van der Waals surface area contributed by atoms with Gasteiger partial charge in [-0.05, 0) is 118 Å². The van der Waals surface area contributed by atoms with Crippen LogP contribution in [0.5, 0.6) is 0 Å². The fourth-order valence-corrected chi connectivity index (χ4v) is 7.96. The Kier molecular flexibility index (Phi) is 9.50. The largest absolute Gasteiger partial charge is 0.310 e. The van der Waals surface area contributed by atoms with Crippen molar-refractivity contribution in [1.82, 2.24) is 9.97 Å². The maximum absolute atomic E-state index is 4.27. The molecule has 55 heavy (non-hydrogen) atoms. The molecule has 0 spiro atoms. The van der Waals surface area contributed by atoms with Crippen molar-refractivity contribution in [1.29, 1.82) is 0 Å². The van der Waals surface area contributed by atoms with Gasteiger partial charge in [0.25, 0.3) is 0 Å². The molecular formula is C50H36N4S. The van der Waals surface area contributed by atoms with Crippen LogP contribution >= 0.6 is 11.3 Å². The van der Waals surface area contributed by atoms with E-state index in [9.17, 15) is 0 Å². The van der Waals surface area contributed by atoms with Crippen molar-refractivity contribution in [2.75, 3.05) is 9.80 Å². The molecule has 0 atom stereocenters. The van der Waals surface area contributed by atoms with E-state index in [4.69, 9.17) is 0 Å². The number of hydrogen-bond donors (Lipinski definition) is 0. The quantitative estimate of drug-likeness (QED) is 0.141. The first-order valence-corrected chi connectivity index (χ1v) is 19.1. The molecule has 0 fully saturated rings. The van der Waals surface area contributed by atoms with Crippen molar-refractivity contribution in [2.24, 2.45) is 0 Å². The van der Waals surface area contributed by atoms with Crippen molar-refractivity contribution in [3.8, 4) is 43.1 Å². The number of hydrogen-bond acceptors (Lipinski definition) is 5. The highest BCUT2D eigenvalue weighted by atomic mass is 32.1. The minimum Gasteiger partial charge on any atom is -0.310 e. The molecule has 0 N–H and O–H groups in total. The Hall–Kier alpha value is -7.08. The van der Waals surface area contributed by atoms with Crippen LogP contribution < -0.4 is 9.80 Å². The summed E-state index contributed by atoms with van der Waals surface area (Å²) >= 11 is 1.81. The van der Waals surface area contributed by atoms with Crippen molar-refractivity contribution in [2.45, 2.75) is 0 Å². The highest BCUT2D eigenvalue weighted by Crippen LogP contribution is 2.41. The van der Waals surface area contributed by atoms with E-state index in [2.05, 4.69) is 177 Å². The molecule has 9 aromatic rings. The van der Waals surface area contributed by atoms with E-state index in [1.54, 1.807) is 0 Å². The smallest absolute Gasteiger partial charge is 0.0492 e. The minimum absolute atomic E-state index is 1.06. The van der Waals surface area contributed by atoms with Gasteiger partial charge in [0.1, 0.15) is 0 Å². The molecule has 0 radical (unpaired) electrons. The Bertz CT molecular complexity index is 2410. The van der Waals surface area contributed by atoms with E-state index in [1.807, 2.05) is 72.5 Å². The first-order chi connectivity index (χ1) is 27.3. The lowest BCUT2D eigenvalue weighted by atomic mass is 10.0. The number of anilines is 6. The SMILES string of the molecule is c1ccc(-c2ccc(N(c3ccncc3)c3ccc(-c4ccc(-c5ccc(N(c6ccncc6)c6ccc(-c7ccccc7)cc6)cc5)s4)cc3)cc2)cc1. The van der Waals surface area contributed by atoms with Gasteiger partial charge >= 0.3 is 0 Å². The van der Waals surface area contributed by atoms with Gasteiger partial charge in [-0.3, -0.25) is 9.97 Å². The predicted octanol–water partition coefficient (Wildman–Crippen LogP) is 14.1. The Morgan fingerprint density at radius 3 is 0.855 bits per heavy atom. The molecule has 0 saturated heterocycles. The Morgan fingerprint density at radius 1 is 0.255 bits per heavy atom. The summed E-state index contributed by atoms with van der Waals surface area (Å²) < 4.78 is 0. The Morgan fingerprint density at radius 2 is 0.527 bits per heavy atom. The fraction of sp³-hybridized carbons (Fsp3) is 0. The fourth-order valence-electron chi connectivity index (χ4n) is 6.95. The summed E-state index contributed by atoms with van der Waals surface area (Å²) in [4.78, 5) is 15.5. The molecule has 0 bridgehead atoms. The zero-order valence-electron chi connectivity index (χ0n) is 30.0. The number of nitrogens with zero attached hydrogens (tertiary/aromatic N) is 4. The van der Waals surface area contributed by atoms with Crippen LogP contribution in [0.4, 0.5) is 34.1 Å². The summed E-state index contributed by atoms with van der Waals surface area (Å²) in [5.74, 6) is 0. The topological polar surface area (TPSA) is 32.3 Å². The van der Waals surface area contributed by atoms with Gasteiger partial charge in [-0.2, -0.15) is 0 Å². The molecule has 9 rings (SSSR count). The van der Waals surface area contributed by atoms with Crippen LogP contribution in [0.25, 0.3) is 43.1 Å². The molecule has 3 aromatic heterocycles. The van der Waals surface area contributed by atoms with Crippen LogP contribution in [-0.2, 0) is 0 Å². The Balaban J connectivity index is 0.962. The van der Waals surface area contributed by atoms with E-state index in [-0.39, 0.29) is 0 Å². The first kappa shape index (κ1) is 33.7. The molecule has 0 saturated carbocycles. The molecule has 0 aliphatic heterocycles. The number of thiophene rings is 1. The Labute approximate surface area is 325 Å². The molecule has 4 nitrogen and oxygen atoms in total. The monoisotopic (exact) mass is 724 g/mol. The van der Waals surface area contributed by atoms with Crippen LogP contribution in [0.15, 0.2) is 219 Å². The van der Waals surface area contributed by atoms with E-state index < -0.39 is 0 Å². The van der Waals surface area contributed by atoms with Gasteiger partial charge in [0.15, 0.2) is 0 Å². The second kappa shape index (κ2) is 15.5. The molecule has 0 unspecified atom stereocenters. The van der Waals surface area contributed by atoms with E-state index in [1.165, 1.54) is 43.1 Å². The van der Waals surface area contributed by atoms with Crippen LogP contribution in [0.3, 0.4) is 0 Å². The van der Waals surface area contributed by atoms with Gasteiger partial charge < -0.3 is 9.80 Å². The molecule has 0 aliphatic carbocycles. The standard InChI is InChI=1S/C50H36N4S/c1-3-7-37(8-4-1)39-11-19-43(20-12-39)53(47-29-33-51-34-30-47)45-23-15-41(16-24-45)49-27-28-50(55-49)42-17-25-46(26-18-42)54(48-31-35-52-36-32-48)44-21-13-40(14-22-44)38-9-5-2-6-10-38/h1-36H. The summed E-state index contributed by atoms with van der Waals surface area (Å²) in [7, 11) is 0. The van der Waals surface area contributed by atoms with Crippen molar-refractivity contribution in [3.63, 3.8) is 0 Å². The highest BCUT2D eigenvalue weighted by molar-refractivity contribution is 7.18. The number of benzene rings is 6. The van der Waals surface area contributed by atoms with Crippen LogP contribution in [0.1, 0.15) is 0 Å². The molecule has 6 aromatic carbocycles. The second-order valence-corrected chi connectivity index (χ2v) is 14.2. The number of rotatable bonds is 10. The molecule has 262 valence electrons. The zero-order valence-corrected chi connectivity index (χ0v) is 30.8. The number of pyridine rings is 2. The van der Waals surface area contributed by atoms with Gasteiger partial charge in [-0.25, -0.2) is 0 Å². The third kappa shape index (κ3) is 7.30. The first-order valence-electron chi connectivity index (χ1n) is 18.3. The van der Waals surface area contributed by atoms with Crippen molar-refractivity contribution >= 4 is 45.5 Å². The van der Waals surface area contributed by atoms with Crippen LogP contribution in [0, 0.1) is 0 Å². The normalized spacial score (nSPS) is 10.9. The lowest BCUT2D eigenvalue weighted by molar-refractivity contribution is 1.24. The third-order valence-corrected chi connectivity index (χ3v) is 10.9. The molecule has 0 amide bonds. The average Bonchev–Trinajstić information content (AvgIpc) is 3.77. The maximum Gasteiger partial charge on any atom is 0.0492 e. The van der Waals surface area contributed by atoms with Crippen LogP contribution in [0.2, 0.25) is 0 Å². The lowest BCUT2D eigenvalue weighted by Crippen LogP contribution is -2.09. The predicted molar refractivity (Wildman–Crippen MR) is 231 cm³/mol. The molecular weight excluding hydrogens is 689 g/mol. The van der Waals surface area contributed by atoms with Gasteiger partial charge in [0.2, 0.25) is 0 Å². The van der Waals surface area contributed by atoms with Gasteiger partial charge in [0, 0.05) is 68.7 Å². The molecule has 5 heteroatoms. The maximum atomic E-state index is 4.27. The summed E-state index contributed by atoms with van der Waals surface area (Å²) in [5, 5.41) is 0. The average molecular weight is 725 g/mol. The second-order valence-electron chi connectivity index (χ2n) is 13.2. The van der Waals surface area contributed by atoms with Gasteiger partial charge in [-0.15, -0.1) is 11.3 Å². The summed E-state index contributed by atoms with van der Waals surface area (Å²) in [6.45, 7) is 0. The lowest BCUT2D eigenvalue weighted by Gasteiger charge is -2.25. The van der Waals surface area contributed by atoms with Crippen molar-refractivity contribution in [3.05, 3.63) is 219 Å². The summed E-state index contributed by atoms with van der Waals surface area (Å²) in [6, 6.07) is 68.8. The summed E-state index contributed by atoms with van der Waals surface area (Å²) in [6.07, 6.45) is 7.37. The number of aromatic nitrogens is 2. The van der Waals surface area contributed by atoms with E-state index in [0.29, 0.717) is 0 Å². The highest BCUT2D eigenvalue weighted by Gasteiger charge is 2.16. The zero-order chi connectivity index (χ0) is 36.8. The van der Waals surface area contributed by atoms with E-state index in [0.717, 1.165) is 34.1 Å². The van der Waals surface area contributed by atoms with Crippen LogP contribution in [-0.4, -0.2) is 9.97 Å². The van der Waals surface area contributed by atoms with Crippen molar-refractivity contribution < 1.29 is 0 Å². The summed E-state index contributed by atoms with van der Waals surface area (Å²) in [5.41, 5.74) is 13.6. The van der Waals surface area contributed by atoms with E-state index >= 15 is 0 Å². The molecule has 3 heterocycles. The minimum atomic E-state index is 1.06.